The van der Waals surface area contributed by atoms with Gasteiger partial charge in [0.2, 0.25) is 0 Å². The molecule has 0 spiro atoms. The van der Waals surface area contributed by atoms with Gasteiger partial charge in [-0.15, -0.1) is 11.3 Å². The van der Waals surface area contributed by atoms with E-state index in [1.807, 2.05) is 11.3 Å². The lowest BCUT2D eigenvalue weighted by atomic mass is 10.0. The topological polar surface area (TPSA) is 15.3 Å². The summed E-state index contributed by atoms with van der Waals surface area (Å²) in [5.41, 5.74) is 0. The molecule has 2 atom stereocenters. The molecule has 0 aliphatic carbocycles. The Kier molecular flexibility index (Phi) is 6.33. The first-order chi connectivity index (χ1) is 8.45. The van der Waals surface area contributed by atoms with Crippen LogP contribution >= 0.6 is 11.3 Å². The summed E-state index contributed by atoms with van der Waals surface area (Å²) in [6.07, 6.45) is 1.14. The molecule has 0 radical (unpaired) electrons. The van der Waals surface area contributed by atoms with Crippen molar-refractivity contribution in [2.24, 2.45) is 5.92 Å². The Hall–Kier alpha value is -0.380. The Labute approximate surface area is 116 Å². The van der Waals surface area contributed by atoms with Gasteiger partial charge < -0.3 is 10.2 Å². The Morgan fingerprint density at radius 3 is 2.33 bits per heavy atom. The monoisotopic (exact) mass is 268 g/mol. The fraction of sp³-hybridized carbons (Fsp3) is 0.733. The number of likely N-dealkylation sites (N-methyl/N-ethyl adjacent to an activating group) is 1. The van der Waals surface area contributed by atoms with Crippen LogP contribution in [0.3, 0.4) is 0 Å². The van der Waals surface area contributed by atoms with Crippen LogP contribution in [0.2, 0.25) is 0 Å². The van der Waals surface area contributed by atoms with E-state index >= 15 is 0 Å². The maximum absolute atomic E-state index is 3.67. The molecule has 0 aromatic carbocycles. The Bertz CT molecular complexity index is 336. The van der Waals surface area contributed by atoms with Crippen molar-refractivity contribution >= 4 is 11.3 Å². The van der Waals surface area contributed by atoms with Gasteiger partial charge in [0.05, 0.1) is 0 Å². The molecule has 18 heavy (non-hydrogen) atoms. The first-order valence-electron chi connectivity index (χ1n) is 6.94. The third-order valence-corrected chi connectivity index (χ3v) is 4.94. The molecule has 0 bridgehead atoms. The molecule has 1 aromatic rings. The van der Waals surface area contributed by atoms with Gasteiger partial charge in [-0.05, 0) is 45.5 Å². The zero-order chi connectivity index (χ0) is 13.7. The summed E-state index contributed by atoms with van der Waals surface area (Å²) in [7, 11) is 4.33. The molecule has 0 saturated heterocycles. The minimum atomic E-state index is 0.455. The number of hydrogen-bond acceptors (Lipinski definition) is 3. The van der Waals surface area contributed by atoms with E-state index in [2.05, 4.69) is 64.1 Å². The van der Waals surface area contributed by atoms with E-state index < -0.39 is 0 Å². The number of nitrogens with zero attached hydrogens (tertiary/aromatic N) is 1. The molecule has 1 aromatic heterocycles. The van der Waals surface area contributed by atoms with E-state index in [1.54, 1.807) is 0 Å². The highest BCUT2D eigenvalue weighted by Crippen LogP contribution is 2.23. The minimum absolute atomic E-state index is 0.455. The molecule has 0 amide bonds. The van der Waals surface area contributed by atoms with Crippen molar-refractivity contribution < 1.29 is 0 Å². The standard InChI is InChI=1S/C15H28N2S/c1-7-13-8-9-15(18-13)12(4)16-10-14(11(2)3)17(5)6/h8-9,11-12,14,16H,7,10H2,1-6H3. The van der Waals surface area contributed by atoms with E-state index in [-0.39, 0.29) is 0 Å². The SMILES string of the molecule is CCc1ccc(C(C)NCC(C(C)C)N(C)C)s1. The molecule has 1 N–H and O–H groups in total. The van der Waals surface area contributed by atoms with Crippen LogP contribution in [0.25, 0.3) is 0 Å². The summed E-state index contributed by atoms with van der Waals surface area (Å²) < 4.78 is 0. The van der Waals surface area contributed by atoms with E-state index in [4.69, 9.17) is 0 Å². The quantitative estimate of drug-likeness (QED) is 0.813. The maximum Gasteiger partial charge on any atom is 0.0386 e. The van der Waals surface area contributed by atoms with Crippen LogP contribution < -0.4 is 5.32 Å². The summed E-state index contributed by atoms with van der Waals surface area (Å²) in [4.78, 5) is 5.25. The van der Waals surface area contributed by atoms with Gasteiger partial charge in [0.15, 0.2) is 0 Å². The Morgan fingerprint density at radius 1 is 1.22 bits per heavy atom. The van der Waals surface area contributed by atoms with E-state index in [1.165, 1.54) is 9.75 Å². The van der Waals surface area contributed by atoms with Gasteiger partial charge in [0.1, 0.15) is 0 Å². The number of aryl methyl sites for hydroxylation is 1. The van der Waals surface area contributed by atoms with Crippen LogP contribution in [-0.4, -0.2) is 31.6 Å². The largest absolute Gasteiger partial charge is 0.308 e. The Morgan fingerprint density at radius 2 is 1.89 bits per heavy atom. The number of hydrogen-bond donors (Lipinski definition) is 1. The smallest absolute Gasteiger partial charge is 0.0386 e. The minimum Gasteiger partial charge on any atom is -0.308 e. The van der Waals surface area contributed by atoms with Gasteiger partial charge in [0.25, 0.3) is 0 Å². The molecule has 0 aliphatic heterocycles. The fourth-order valence-corrected chi connectivity index (χ4v) is 3.21. The van der Waals surface area contributed by atoms with Crippen LogP contribution in [0.4, 0.5) is 0 Å². The maximum atomic E-state index is 3.67. The summed E-state index contributed by atoms with van der Waals surface area (Å²) in [6, 6.07) is 5.57. The summed E-state index contributed by atoms with van der Waals surface area (Å²) in [5.74, 6) is 0.675. The second kappa shape index (κ2) is 7.27. The normalized spacial score (nSPS) is 15.3. The average molecular weight is 268 g/mol. The Balaban J connectivity index is 2.51. The van der Waals surface area contributed by atoms with Crippen molar-refractivity contribution in [2.75, 3.05) is 20.6 Å². The molecular weight excluding hydrogens is 240 g/mol. The molecule has 0 aliphatic rings. The first kappa shape index (κ1) is 15.7. The highest BCUT2D eigenvalue weighted by Gasteiger charge is 2.17. The van der Waals surface area contributed by atoms with Crippen molar-refractivity contribution in [1.29, 1.82) is 0 Å². The lowest BCUT2D eigenvalue weighted by Crippen LogP contribution is -2.42. The van der Waals surface area contributed by atoms with E-state index in [9.17, 15) is 0 Å². The predicted molar refractivity (Wildman–Crippen MR) is 82.4 cm³/mol. The lowest BCUT2D eigenvalue weighted by Gasteiger charge is -2.29. The van der Waals surface area contributed by atoms with E-state index in [0.29, 0.717) is 18.0 Å². The fourth-order valence-electron chi connectivity index (χ4n) is 2.23. The molecule has 0 fully saturated rings. The van der Waals surface area contributed by atoms with Crippen LogP contribution in [-0.2, 0) is 6.42 Å². The van der Waals surface area contributed by atoms with Gasteiger partial charge in [0, 0.05) is 28.4 Å². The molecule has 2 nitrogen and oxygen atoms in total. The molecule has 3 heteroatoms. The summed E-state index contributed by atoms with van der Waals surface area (Å²) in [5, 5.41) is 3.67. The zero-order valence-corrected chi connectivity index (χ0v) is 13.5. The lowest BCUT2D eigenvalue weighted by molar-refractivity contribution is 0.220. The first-order valence-corrected chi connectivity index (χ1v) is 7.75. The number of thiophene rings is 1. The van der Waals surface area contributed by atoms with E-state index in [0.717, 1.165) is 13.0 Å². The van der Waals surface area contributed by atoms with Gasteiger partial charge in [-0.3, -0.25) is 0 Å². The van der Waals surface area contributed by atoms with Crippen LogP contribution in [0.15, 0.2) is 12.1 Å². The average Bonchev–Trinajstić information content (AvgIpc) is 2.76. The van der Waals surface area contributed by atoms with Gasteiger partial charge in [-0.25, -0.2) is 0 Å². The molecular formula is C15H28N2S. The second-order valence-corrected chi connectivity index (χ2v) is 6.76. The van der Waals surface area contributed by atoms with Crippen molar-refractivity contribution in [1.82, 2.24) is 10.2 Å². The van der Waals surface area contributed by atoms with Crippen molar-refractivity contribution in [2.45, 2.75) is 46.2 Å². The van der Waals surface area contributed by atoms with Gasteiger partial charge >= 0.3 is 0 Å². The third-order valence-electron chi connectivity index (χ3n) is 3.52. The summed E-state index contributed by atoms with van der Waals surface area (Å²) >= 11 is 1.93. The molecule has 1 rings (SSSR count). The predicted octanol–water partition coefficient (Wildman–Crippen LogP) is 3.55. The zero-order valence-electron chi connectivity index (χ0n) is 12.7. The van der Waals surface area contributed by atoms with Crippen molar-refractivity contribution in [3.63, 3.8) is 0 Å². The second-order valence-electron chi connectivity index (χ2n) is 5.56. The number of nitrogens with one attached hydrogen (secondary N) is 1. The molecule has 104 valence electrons. The molecule has 0 saturated carbocycles. The van der Waals surface area contributed by atoms with Gasteiger partial charge in [-0.2, -0.15) is 0 Å². The van der Waals surface area contributed by atoms with Crippen LogP contribution in [0.5, 0.6) is 0 Å². The van der Waals surface area contributed by atoms with Crippen molar-refractivity contribution in [3.05, 3.63) is 21.9 Å². The van der Waals surface area contributed by atoms with Crippen molar-refractivity contribution in [3.8, 4) is 0 Å². The van der Waals surface area contributed by atoms with Crippen LogP contribution in [0, 0.1) is 5.92 Å². The highest BCUT2D eigenvalue weighted by atomic mass is 32.1. The number of rotatable bonds is 7. The third kappa shape index (κ3) is 4.38. The molecule has 2 unspecified atom stereocenters. The van der Waals surface area contributed by atoms with Crippen LogP contribution in [0.1, 0.15) is 43.5 Å². The summed E-state index contributed by atoms with van der Waals surface area (Å²) in [6.45, 7) is 10.1. The van der Waals surface area contributed by atoms with Gasteiger partial charge in [-0.1, -0.05) is 20.8 Å². The highest BCUT2D eigenvalue weighted by molar-refractivity contribution is 7.12. The molecule has 1 heterocycles.